The van der Waals surface area contributed by atoms with Crippen LogP contribution in [-0.2, 0) is 7.05 Å². The van der Waals surface area contributed by atoms with Gasteiger partial charge in [0.2, 0.25) is 0 Å². The minimum atomic E-state index is -0.410. The maximum absolute atomic E-state index is 10.3. The number of aliphatic hydroxyl groups is 1. The molecule has 4 nitrogen and oxygen atoms in total. The second kappa shape index (κ2) is 3.28. The quantitative estimate of drug-likeness (QED) is 0.890. The van der Waals surface area contributed by atoms with Crippen molar-refractivity contribution in [2.45, 2.75) is 25.4 Å². The Morgan fingerprint density at radius 1 is 1.40 bits per heavy atom. The SMILES string of the molecule is Cn1nnc(Br)c1C(O)C1CC2CC2C1. The van der Waals surface area contributed by atoms with Crippen molar-refractivity contribution in [2.24, 2.45) is 24.8 Å². The minimum Gasteiger partial charge on any atom is -0.386 e. The lowest BCUT2D eigenvalue weighted by atomic mass is 9.95. The van der Waals surface area contributed by atoms with Crippen LogP contribution in [0, 0.1) is 17.8 Å². The number of rotatable bonds is 2. The molecule has 1 aromatic rings. The zero-order valence-corrected chi connectivity index (χ0v) is 10.2. The van der Waals surface area contributed by atoms with Crippen LogP contribution in [0.15, 0.2) is 4.60 Å². The van der Waals surface area contributed by atoms with E-state index in [-0.39, 0.29) is 0 Å². The van der Waals surface area contributed by atoms with Gasteiger partial charge in [-0.3, -0.25) is 0 Å². The average molecular weight is 272 g/mol. The van der Waals surface area contributed by atoms with Crippen LogP contribution in [0.2, 0.25) is 0 Å². The predicted octanol–water partition coefficient (Wildman–Crippen LogP) is 1.66. The van der Waals surface area contributed by atoms with E-state index in [2.05, 4.69) is 26.2 Å². The number of halogens is 1. The van der Waals surface area contributed by atoms with Crippen molar-refractivity contribution in [3.05, 3.63) is 10.3 Å². The Labute approximate surface area is 96.8 Å². The largest absolute Gasteiger partial charge is 0.386 e. The van der Waals surface area contributed by atoms with Gasteiger partial charge in [0.05, 0.1) is 0 Å². The molecule has 2 aliphatic rings. The maximum Gasteiger partial charge on any atom is 0.154 e. The standard InChI is InChI=1S/C10H14BrN3O/c1-14-8(10(11)12-13-14)9(15)7-3-5-2-6(5)4-7/h5-7,9,15H,2-4H2,1H3. The predicted molar refractivity (Wildman–Crippen MR) is 58.0 cm³/mol. The second-order valence-corrected chi connectivity index (χ2v) is 5.57. The van der Waals surface area contributed by atoms with Gasteiger partial charge in [0.25, 0.3) is 0 Å². The summed E-state index contributed by atoms with van der Waals surface area (Å²) in [6.45, 7) is 0. The number of aliphatic hydroxyl groups excluding tert-OH is 1. The summed E-state index contributed by atoms with van der Waals surface area (Å²) in [6, 6.07) is 0. The summed E-state index contributed by atoms with van der Waals surface area (Å²) in [6.07, 6.45) is 3.31. The van der Waals surface area contributed by atoms with Gasteiger partial charge in [-0.05, 0) is 52.9 Å². The van der Waals surface area contributed by atoms with Gasteiger partial charge in [0.15, 0.2) is 4.60 Å². The lowest BCUT2D eigenvalue weighted by Crippen LogP contribution is -2.15. The fraction of sp³-hybridized carbons (Fsp3) is 0.800. The number of hydrogen-bond donors (Lipinski definition) is 1. The Hall–Kier alpha value is -0.420. The van der Waals surface area contributed by atoms with Crippen molar-refractivity contribution >= 4 is 15.9 Å². The fourth-order valence-corrected chi connectivity index (χ4v) is 3.46. The van der Waals surface area contributed by atoms with Crippen molar-refractivity contribution in [3.63, 3.8) is 0 Å². The molecule has 5 heteroatoms. The molecule has 0 amide bonds. The summed E-state index contributed by atoms with van der Waals surface area (Å²) in [5.74, 6) is 2.19. The molecule has 2 saturated carbocycles. The first-order chi connectivity index (χ1) is 7.16. The van der Waals surface area contributed by atoms with Crippen LogP contribution in [0.4, 0.5) is 0 Å². The van der Waals surface area contributed by atoms with Crippen molar-refractivity contribution in [1.82, 2.24) is 15.0 Å². The van der Waals surface area contributed by atoms with Crippen LogP contribution >= 0.6 is 15.9 Å². The van der Waals surface area contributed by atoms with Crippen molar-refractivity contribution in [3.8, 4) is 0 Å². The Kier molecular flexibility index (Phi) is 2.14. The summed E-state index contributed by atoms with van der Waals surface area (Å²) >= 11 is 3.34. The van der Waals surface area contributed by atoms with Gasteiger partial charge in [-0.25, -0.2) is 4.68 Å². The molecule has 3 atom stereocenters. The first kappa shape index (κ1) is 9.78. The van der Waals surface area contributed by atoms with Crippen molar-refractivity contribution in [1.29, 1.82) is 0 Å². The van der Waals surface area contributed by atoms with Gasteiger partial charge in [-0.15, -0.1) is 5.10 Å². The van der Waals surface area contributed by atoms with Crippen LogP contribution in [0.5, 0.6) is 0 Å². The molecule has 0 aromatic carbocycles. The second-order valence-electron chi connectivity index (χ2n) is 4.82. The Morgan fingerprint density at radius 2 is 2.07 bits per heavy atom. The molecule has 3 unspecified atom stereocenters. The molecule has 2 aliphatic carbocycles. The molecule has 0 saturated heterocycles. The van der Waals surface area contributed by atoms with Crippen molar-refractivity contribution < 1.29 is 5.11 Å². The van der Waals surface area contributed by atoms with E-state index in [1.54, 1.807) is 4.68 Å². The van der Waals surface area contributed by atoms with Gasteiger partial charge in [0, 0.05) is 7.05 Å². The first-order valence-corrected chi connectivity index (χ1v) is 6.19. The Bertz CT molecular complexity index is 363. The van der Waals surface area contributed by atoms with Gasteiger partial charge in [-0.1, -0.05) is 5.21 Å². The monoisotopic (exact) mass is 271 g/mol. The molecule has 0 radical (unpaired) electrons. The van der Waals surface area contributed by atoms with E-state index in [0.29, 0.717) is 10.5 Å². The first-order valence-electron chi connectivity index (χ1n) is 5.40. The van der Waals surface area contributed by atoms with Gasteiger partial charge >= 0.3 is 0 Å². The van der Waals surface area contributed by atoms with E-state index in [1.165, 1.54) is 19.3 Å². The molecular formula is C10H14BrN3O. The fourth-order valence-electron chi connectivity index (χ4n) is 2.90. The van der Waals surface area contributed by atoms with E-state index < -0.39 is 6.10 Å². The number of aryl methyl sites for hydroxylation is 1. The van der Waals surface area contributed by atoms with Crippen LogP contribution in [0.3, 0.4) is 0 Å². The number of aromatic nitrogens is 3. The molecular weight excluding hydrogens is 258 g/mol. The molecule has 1 aromatic heterocycles. The van der Waals surface area contributed by atoms with Crippen LogP contribution in [0.1, 0.15) is 31.1 Å². The Morgan fingerprint density at radius 3 is 2.60 bits per heavy atom. The topological polar surface area (TPSA) is 50.9 Å². The average Bonchev–Trinajstić information content (AvgIpc) is 2.66. The van der Waals surface area contributed by atoms with E-state index >= 15 is 0 Å². The number of nitrogens with zero attached hydrogens (tertiary/aromatic N) is 3. The summed E-state index contributed by atoms with van der Waals surface area (Å²) in [5.41, 5.74) is 0.821. The zero-order chi connectivity index (χ0) is 10.6. The molecule has 1 heterocycles. The third kappa shape index (κ3) is 1.52. The normalized spacial score (nSPS) is 35.3. The summed E-state index contributed by atoms with van der Waals surface area (Å²) < 4.78 is 2.34. The minimum absolute atomic E-state index is 0.405. The lowest BCUT2D eigenvalue weighted by Gasteiger charge is -2.19. The molecule has 82 valence electrons. The van der Waals surface area contributed by atoms with Gasteiger partial charge in [0.1, 0.15) is 11.8 Å². The molecule has 0 bridgehead atoms. The third-order valence-electron chi connectivity index (χ3n) is 3.83. The van der Waals surface area contributed by atoms with Crippen LogP contribution in [-0.4, -0.2) is 20.1 Å². The van der Waals surface area contributed by atoms with Gasteiger partial charge in [-0.2, -0.15) is 0 Å². The van der Waals surface area contributed by atoms with Crippen molar-refractivity contribution in [2.75, 3.05) is 0 Å². The molecule has 0 aliphatic heterocycles. The summed E-state index contributed by atoms with van der Waals surface area (Å²) in [5, 5.41) is 18.1. The molecule has 15 heavy (non-hydrogen) atoms. The number of hydrogen-bond acceptors (Lipinski definition) is 3. The van der Waals surface area contributed by atoms with Gasteiger partial charge < -0.3 is 5.11 Å². The number of fused-ring (bicyclic) bond motifs is 1. The highest BCUT2D eigenvalue weighted by Crippen LogP contribution is 2.57. The van der Waals surface area contributed by atoms with Crippen LogP contribution in [0.25, 0.3) is 0 Å². The summed E-state index contributed by atoms with van der Waals surface area (Å²) in [4.78, 5) is 0. The van der Waals surface area contributed by atoms with E-state index in [0.717, 1.165) is 17.5 Å². The summed E-state index contributed by atoms with van der Waals surface area (Å²) in [7, 11) is 1.83. The molecule has 3 rings (SSSR count). The highest BCUT2D eigenvalue weighted by molar-refractivity contribution is 9.10. The zero-order valence-electron chi connectivity index (χ0n) is 8.60. The lowest BCUT2D eigenvalue weighted by molar-refractivity contribution is 0.0957. The molecule has 1 N–H and O–H groups in total. The van der Waals surface area contributed by atoms with E-state index in [9.17, 15) is 5.11 Å². The third-order valence-corrected chi connectivity index (χ3v) is 4.40. The maximum atomic E-state index is 10.3. The Balaban J connectivity index is 1.81. The highest BCUT2D eigenvalue weighted by atomic mass is 79.9. The molecule has 0 spiro atoms. The van der Waals surface area contributed by atoms with E-state index in [1.807, 2.05) is 7.05 Å². The van der Waals surface area contributed by atoms with Crippen LogP contribution < -0.4 is 0 Å². The van der Waals surface area contributed by atoms with E-state index in [4.69, 9.17) is 0 Å². The highest BCUT2D eigenvalue weighted by Gasteiger charge is 2.48. The molecule has 2 fully saturated rings. The smallest absolute Gasteiger partial charge is 0.154 e.